The van der Waals surface area contributed by atoms with Gasteiger partial charge in [0.1, 0.15) is 24.4 Å². The van der Waals surface area contributed by atoms with Gasteiger partial charge in [-0.2, -0.15) is 0 Å². The molecular weight excluding hydrogens is 320 g/mol. The fourth-order valence-corrected chi connectivity index (χ4v) is 2.61. The van der Waals surface area contributed by atoms with E-state index in [9.17, 15) is 14.4 Å². The fourth-order valence-electron chi connectivity index (χ4n) is 2.36. The number of likely N-dealkylation sites (N-methyl/N-ethyl adjacent to an activating group) is 1. The molecule has 0 radical (unpaired) electrons. The van der Waals surface area contributed by atoms with E-state index in [0.29, 0.717) is 18.3 Å². The van der Waals surface area contributed by atoms with E-state index in [2.05, 4.69) is 0 Å². The van der Waals surface area contributed by atoms with Crippen molar-refractivity contribution in [3.05, 3.63) is 28.8 Å². The number of nitrogens with zero attached hydrogens (tertiary/aromatic N) is 2. The second-order valence-electron chi connectivity index (χ2n) is 5.88. The summed E-state index contributed by atoms with van der Waals surface area (Å²) in [5, 5.41) is 0.252. The lowest BCUT2D eigenvalue weighted by molar-refractivity contribution is -0.148. The number of hydrogen-bond donors (Lipinski definition) is 0. The summed E-state index contributed by atoms with van der Waals surface area (Å²) in [4.78, 5) is 38.6. The molecule has 0 aromatic heterocycles. The van der Waals surface area contributed by atoms with Crippen molar-refractivity contribution in [2.24, 2.45) is 5.92 Å². The summed E-state index contributed by atoms with van der Waals surface area (Å²) < 4.78 is 5.72. The Morgan fingerprint density at radius 2 is 1.91 bits per heavy atom. The van der Waals surface area contributed by atoms with Gasteiger partial charge in [-0.1, -0.05) is 17.7 Å². The molecule has 0 N–H and O–H groups in total. The lowest BCUT2D eigenvalue weighted by Crippen LogP contribution is -2.54. The summed E-state index contributed by atoms with van der Waals surface area (Å²) >= 11 is 6.17. The summed E-state index contributed by atoms with van der Waals surface area (Å²) in [5.41, 5.74) is 0.208. The molecule has 0 unspecified atom stereocenters. The average molecular weight is 337 g/mol. The Hall–Kier alpha value is -2.08. The predicted octanol–water partition coefficient (Wildman–Crippen LogP) is 1.57. The highest BCUT2D eigenvalue weighted by atomic mass is 35.5. The van der Waals surface area contributed by atoms with Crippen LogP contribution < -0.4 is 4.74 Å². The van der Waals surface area contributed by atoms with Crippen LogP contribution in [0.3, 0.4) is 0 Å². The van der Waals surface area contributed by atoms with Crippen LogP contribution in [0.5, 0.6) is 5.75 Å². The van der Waals surface area contributed by atoms with Crippen molar-refractivity contribution in [2.75, 3.05) is 26.7 Å². The van der Waals surface area contributed by atoms with Gasteiger partial charge in [0.25, 0.3) is 5.91 Å². The lowest BCUT2D eigenvalue weighted by atomic mass is 10.1. The molecule has 23 heavy (non-hydrogen) atoms. The molecule has 1 aliphatic heterocycles. The minimum absolute atomic E-state index is 0.144. The molecule has 0 atom stereocenters. The second kappa shape index (κ2) is 6.20. The van der Waals surface area contributed by atoms with Crippen molar-refractivity contribution in [3.8, 4) is 5.75 Å². The summed E-state index contributed by atoms with van der Waals surface area (Å²) in [6, 6.07) is 4.99. The topological polar surface area (TPSA) is 66.9 Å². The standard InChI is InChI=1S/C16H17ClN2O4/c1-18-13(20)7-19(8-14(18)21)16(22)15-11(17)3-2-4-12(15)23-9-10-5-6-10/h2-4,10H,5-9H2,1H3. The highest BCUT2D eigenvalue weighted by Gasteiger charge is 2.33. The van der Waals surface area contributed by atoms with Gasteiger partial charge < -0.3 is 9.64 Å². The molecule has 2 aliphatic rings. The predicted molar refractivity (Wildman–Crippen MR) is 83.4 cm³/mol. The fraction of sp³-hybridized carbons (Fsp3) is 0.438. The number of rotatable bonds is 4. The second-order valence-corrected chi connectivity index (χ2v) is 6.28. The molecule has 1 aromatic rings. The Balaban J connectivity index is 1.83. The Morgan fingerprint density at radius 3 is 2.52 bits per heavy atom. The van der Waals surface area contributed by atoms with Gasteiger partial charge in [-0.25, -0.2) is 0 Å². The lowest BCUT2D eigenvalue weighted by Gasteiger charge is -2.31. The number of imide groups is 1. The number of benzene rings is 1. The Bertz CT molecular complexity index is 654. The van der Waals surface area contributed by atoms with E-state index in [0.717, 1.165) is 17.7 Å². The number of carbonyl (C=O) groups excluding carboxylic acids is 3. The van der Waals surface area contributed by atoms with E-state index in [-0.39, 0.29) is 23.7 Å². The van der Waals surface area contributed by atoms with Gasteiger partial charge >= 0.3 is 0 Å². The minimum Gasteiger partial charge on any atom is -0.492 e. The highest BCUT2D eigenvalue weighted by molar-refractivity contribution is 6.34. The molecule has 3 rings (SSSR count). The van der Waals surface area contributed by atoms with Crippen LogP contribution in [-0.4, -0.2) is 54.3 Å². The number of amides is 3. The van der Waals surface area contributed by atoms with Crippen LogP contribution >= 0.6 is 11.6 Å². The number of hydrogen-bond acceptors (Lipinski definition) is 4. The van der Waals surface area contributed by atoms with E-state index in [1.54, 1.807) is 18.2 Å². The van der Waals surface area contributed by atoms with Gasteiger partial charge in [-0.05, 0) is 30.9 Å². The Kier molecular flexibility index (Phi) is 4.26. The molecule has 1 saturated heterocycles. The highest BCUT2D eigenvalue weighted by Crippen LogP contribution is 2.33. The van der Waals surface area contributed by atoms with Gasteiger partial charge in [0.15, 0.2) is 0 Å². The van der Waals surface area contributed by atoms with Gasteiger partial charge in [-0.3, -0.25) is 19.3 Å². The third kappa shape index (κ3) is 3.32. The summed E-state index contributed by atoms with van der Waals surface area (Å²) in [5.74, 6) is -0.364. The summed E-state index contributed by atoms with van der Waals surface area (Å²) in [6.07, 6.45) is 2.26. The maximum Gasteiger partial charge on any atom is 0.260 e. The van der Waals surface area contributed by atoms with Crippen molar-refractivity contribution >= 4 is 29.3 Å². The van der Waals surface area contributed by atoms with Crippen LogP contribution in [-0.2, 0) is 9.59 Å². The molecule has 3 amide bonds. The minimum atomic E-state index is -0.462. The normalized spacial score (nSPS) is 18.3. The summed E-state index contributed by atoms with van der Waals surface area (Å²) in [6.45, 7) is 0.254. The van der Waals surface area contributed by atoms with E-state index in [4.69, 9.17) is 16.3 Å². The smallest absolute Gasteiger partial charge is 0.260 e. The summed E-state index contributed by atoms with van der Waals surface area (Å²) in [7, 11) is 1.41. The molecule has 1 saturated carbocycles. The van der Waals surface area contributed by atoms with Gasteiger partial charge in [0, 0.05) is 7.05 Å². The molecular formula is C16H17ClN2O4. The first kappa shape index (κ1) is 15.8. The number of carbonyl (C=O) groups is 3. The zero-order valence-corrected chi connectivity index (χ0v) is 13.5. The van der Waals surface area contributed by atoms with Crippen LogP contribution in [0.25, 0.3) is 0 Å². The van der Waals surface area contributed by atoms with Crippen molar-refractivity contribution in [1.82, 2.24) is 9.80 Å². The van der Waals surface area contributed by atoms with Crippen molar-refractivity contribution in [2.45, 2.75) is 12.8 Å². The largest absolute Gasteiger partial charge is 0.492 e. The van der Waals surface area contributed by atoms with E-state index >= 15 is 0 Å². The maximum atomic E-state index is 12.7. The SMILES string of the molecule is CN1C(=O)CN(C(=O)c2c(Cl)cccc2OCC2CC2)CC1=O. The number of piperazine rings is 1. The van der Waals surface area contributed by atoms with Crippen molar-refractivity contribution in [3.63, 3.8) is 0 Å². The van der Waals surface area contributed by atoms with Crippen LogP contribution in [0, 0.1) is 5.92 Å². The monoisotopic (exact) mass is 336 g/mol. The molecule has 1 heterocycles. The molecule has 0 bridgehead atoms. The van der Waals surface area contributed by atoms with E-state index in [1.807, 2.05) is 0 Å². The first-order chi connectivity index (χ1) is 11.0. The Morgan fingerprint density at radius 1 is 1.26 bits per heavy atom. The van der Waals surface area contributed by atoms with Gasteiger partial charge in [0.05, 0.1) is 11.6 Å². The zero-order chi connectivity index (χ0) is 16.6. The molecule has 7 heteroatoms. The molecule has 1 aliphatic carbocycles. The van der Waals surface area contributed by atoms with E-state index in [1.165, 1.54) is 11.9 Å². The van der Waals surface area contributed by atoms with Gasteiger partial charge in [-0.15, -0.1) is 0 Å². The zero-order valence-electron chi connectivity index (χ0n) is 12.8. The van der Waals surface area contributed by atoms with Crippen LogP contribution in [0.4, 0.5) is 0 Å². The molecule has 2 fully saturated rings. The Labute approximate surface area is 138 Å². The number of ether oxygens (including phenoxy) is 1. The molecule has 1 aromatic carbocycles. The molecule has 0 spiro atoms. The van der Waals surface area contributed by atoms with Crippen molar-refractivity contribution in [1.29, 1.82) is 0 Å². The first-order valence-electron chi connectivity index (χ1n) is 7.47. The first-order valence-corrected chi connectivity index (χ1v) is 7.85. The number of halogens is 1. The third-order valence-corrected chi connectivity index (χ3v) is 4.36. The van der Waals surface area contributed by atoms with Crippen molar-refractivity contribution < 1.29 is 19.1 Å². The van der Waals surface area contributed by atoms with Crippen LogP contribution in [0.15, 0.2) is 18.2 Å². The van der Waals surface area contributed by atoms with Gasteiger partial charge in [0.2, 0.25) is 11.8 Å². The van der Waals surface area contributed by atoms with E-state index < -0.39 is 17.7 Å². The van der Waals surface area contributed by atoms with Crippen LogP contribution in [0.2, 0.25) is 5.02 Å². The molecule has 6 nitrogen and oxygen atoms in total. The third-order valence-electron chi connectivity index (χ3n) is 4.05. The molecule has 122 valence electrons. The average Bonchev–Trinajstić information content (AvgIpc) is 3.34. The maximum absolute atomic E-state index is 12.7. The quantitative estimate of drug-likeness (QED) is 0.783. The van der Waals surface area contributed by atoms with Crippen LogP contribution in [0.1, 0.15) is 23.2 Å².